The van der Waals surface area contributed by atoms with Gasteiger partial charge in [-0.3, -0.25) is 0 Å². The molecule has 4 saturated carbocycles. The molecule has 2 aromatic rings. The number of ether oxygens (including phenoxy) is 2. The lowest BCUT2D eigenvalue weighted by Gasteiger charge is -2.56. The van der Waals surface area contributed by atoms with Gasteiger partial charge < -0.3 is 20.3 Å². The number of aliphatic hydroxyl groups is 1. The van der Waals surface area contributed by atoms with Crippen molar-refractivity contribution in [2.45, 2.75) is 44.8 Å². The van der Waals surface area contributed by atoms with E-state index in [1.165, 1.54) is 38.5 Å². The molecule has 0 radical (unpaired) electrons. The van der Waals surface area contributed by atoms with Crippen molar-refractivity contribution < 1.29 is 14.6 Å². The smallest absolute Gasteiger partial charge is 0.221 e. The molecule has 1 aromatic carbocycles. The summed E-state index contributed by atoms with van der Waals surface area (Å²) >= 11 is 0. The van der Waals surface area contributed by atoms with E-state index in [9.17, 15) is 5.11 Å². The van der Waals surface area contributed by atoms with Gasteiger partial charge in [0.25, 0.3) is 0 Å². The number of nitrogens with two attached hydrogens (primary N) is 1. The van der Waals surface area contributed by atoms with Gasteiger partial charge in [-0.1, -0.05) is 6.07 Å². The molecule has 4 fully saturated rings. The third kappa shape index (κ3) is 3.51. The average Bonchev–Trinajstić information content (AvgIpc) is 2.71. The van der Waals surface area contributed by atoms with Gasteiger partial charge in [0.1, 0.15) is 12.0 Å². The van der Waals surface area contributed by atoms with E-state index >= 15 is 0 Å². The topological polar surface area (TPSA) is 77.6 Å². The van der Waals surface area contributed by atoms with Crippen LogP contribution in [0.25, 0.3) is 11.1 Å². The fourth-order valence-corrected chi connectivity index (χ4v) is 6.52. The number of rotatable bonds is 6. The number of hydrogen-bond acceptors (Lipinski definition) is 5. The van der Waals surface area contributed by atoms with Crippen molar-refractivity contribution in [2.24, 2.45) is 28.9 Å². The van der Waals surface area contributed by atoms with E-state index in [0.29, 0.717) is 16.9 Å². The zero-order valence-corrected chi connectivity index (χ0v) is 17.0. The van der Waals surface area contributed by atoms with E-state index in [2.05, 4.69) is 4.98 Å². The molecule has 4 bridgehead atoms. The second kappa shape index (κ2) is 7.29. The number of methoxy groups -OCH3 is 1. The quantitative estimate of drug-likeness (QED) is 0.714. The van der Waals surface area contributed by atoms with Crippen LogP contribution in [0.3, 0.4) is 0 Å². The number of nitrogens with zero attached hydrogens (tertiary/aromatic N) is 1. The molecule has 0 amide bonds. The van der Waals surface area contributed by atoms with Crippen molar-refractivity contribution in [3.05, 3.63) is 42.1 Å². The highest BCUT2D eigenvalue weighted by molar-refractivity contribution is 5.75. The van der Waals surface area contributed by atoms with Crippen molar-refractivity contribution in [3.63, 3.8) is 0 Å². The predicted octanol–water partition coefficient (Wildman–Crippen LogP) is 4.30. The average molecular weight is 395 g/mol. The molecular formula is C24H30N2O3. The highest BCUT2D eigenvalue weighted by atomic mass is 16.5. The maximum Gasteiger partial charge on any atom is 0.221 e. The first kappa shape index (κ1) is 18.9. The van der Waals surface area contributed by atoms with Crippen molar-refractivity contribution in [3.8, 4) is 22.8 Å². The van der Waals surface area contributed by atoms with Crippen LogP contribution in [0.1, 0.15) is 50.3 Å². The third-order valence-electron chi connectivity index (χ3n) is 7.30. The predicted molar refractivity (Wildman–Crippen MR) is 111 cm³/mol. The molecule has 1 atom stereocenters. The first-order valence-corrected chi connectivity index (χ1v) is 10.7. The monoisotopic (exact) mass is 394 g/mol. The fraction of sp³-hybridized carbons (Fsp3) is 0.542. The Morgan fingerprint density at radius 3 is 2.41 bits per heavy atom. The Morgan fingerprint density at radius 2 is 1.79 bits per heavy atom. The van der Waals surface area contributed by atoms with Gasteiger partial charge in [-0.15, -0.1) is 0 Å². The van der Waals surface area contributed by atoms with Crippen LogP contribution in [0.5, 0.6) is 11.6 Å². The molecule has 0 aliphatic heterocycles. The Bertz CT molecular complexity index is 860. The van der Waals surface area contributed by atoms with E-state index < -0.39 is 6.23 Å². The summed E-state index contributed by atoms with van der Waals surface area (Å²) in [5.41, 5.74) is 8.41. The molecule has 1 aromatic heterocycles. The van der Waals surface area contributed by atoms with Crippen LogP contribution in [0.15, 0.2) is 36.5 Å². The number of pyridine rings is 1. The number of benzene rings is 1. The van der Waals surface area contributed by atoms with Crippen LogP contribution in [-0.2, 0) is 0 Å². The Balaban J connectivity index is 1.45. The SMILES string of the molecule is COc1ncccc1-c1cc(C(N)O)ccc1OCC12CC3CC(CC(C3)C1)C2. The summed E-state index contributed by atoms with van der Waals surface area (Å²) in [6.07, 6.45) is 8.90. The lowest BCUT2D eigenvalue weighted by atomic mass is 9.50. The largest absolute Gasteiger partial charge is 0.492 e. The molecule has 5 nitrogen and oxygen atoms in total. The van der Waals surface area contributed by atoms with Crippen LogP contribution in [0, 0.1) is 23.2 Å². The summed E-state index contributed by atoms with van der Waals surface area (Å²) in [5.74, 6) is 4.04. The Kier molecular flexibility index (Phi) is 4.75. The molecule has 3 N–H and O–H groups in total. The number of hydrogen-bond donors (Lipinski definition) is 2. The second-order valence-electron chi connectivity index (χ2n) is 9.47. The summed E-state index contributed by atoms with van der Waals surface area (Å²) < 4.78 is 12.0. The molecule has 1 heterocycles. The van der Waals surface area contributed by atoms with Gasteiger partial charge in [0.2, 0.25) is 5.88 Å². The minimum Gasteiger partial charge on any atom is -0.492 e. The minimum absolute atomic E-state index is 0.330. The molecule has 154 valence electrons. The minimum atomic E-state index is -1.03. The summed E-state index contributed by atoms with van der Waals surface area (Å²) in [6.45, 7) is 0.761. The summed E-state index contributed by atoms with van der Waals surface area (Å²) in [5, 5.41) is 9.89. The first-order chi connectivity index (χ1) is 14.0. The molecule has 0 saturated heterocycles. The summed E-state index contributed by atoms with van der Waals surface area (Å²) in [7, 11) is 1.61. The Morgan fingerprint density at radius 1 is 1.10 bits per heavy atom. The van der Waals surface area contributed by atoms with Crippen LogP contribution in [-0.4, -0.2) is 23.8 Å². The third-order valence-corrected chi connectivity index (χ3v) is 7.30. The zero-order chi connectivity index (χ0) is 20.0. The van der Waals surface area contributed by atoms with Gasteiger partial charge in [0.05, 0.1) is 13.7 Å². The van der Waals surface area contributed by atoms with E-state index in [1.54, 1.807) is 13.3 Å². The van der Waals surface area contributed by atoms with E-state index in [0.717, 1.165) is 41.2 Å². The number of aromatic nitrogens is 1. The van der Waals surface area contributed by atoms with Crippen molar-refractivity contribution in [2.75, 3.05) is 13.7 Å². The lowest BCUT2D eigenvalue weighted by Crippen LogP contribution is -2.48. The normalized spacial score (nSPS) is 30.9. The lowest BCUT2D eigenvalue weighted by molar-refractivity contribution is -0.0744. The summed E-state index contributed by atoms with van der Waals surface area (Å²) in [6, 6.07) is 9.50. The van der Waals surface area contributed by atoms with E-state index in [1.807, 2.05) is 30.3 Å². The molecule has 0 spiro atoms. The van der Waals surface area contributed by atoms with Gasteiger partial charge >= 0.3 is 0 Å². The standard InChI is InChI=1S/C24H30N2O3/c1-28-23-19(3-2-6-26-23)20-10-18(22(25)27)4-5-21(20)29-14-24-11-15-7-16(12-24)9-17(8-15)13-24/h2-6,10,15-17,22,27H,7-9,11-14,25H2,1H3. The van der Waals surface area contributed by atoms with E-state index in [4.69, 9.17) is 15.2 Å². The van der Waals surface area contributed by atoms with Crippen molar-refractivity contribution in [1.29, 1.82) is 0 Å². The van der Waals surface area contributed by atoms with Crippen LogP contribution >= 0.6 is 0 Å². The molecule has 5 heteroatoms. The highest BCUT2D eigenvalue weighted by Crippen LogP contribution is 2.60. The van der Waals surface area contributed by atoms with Gasteiger partial charge in [0.15, 0.2) is 0 Å². The van der Waals surface area contributed by atoms with Gasteiger partial charge in [0, 0.05) is 22.7 Å². The molecular weight excluding hydrogens is 364 g/mol. The maximum atomic E-state index is 9.89. The maximum absolute atomic E-state index is 9.89. The van der Waals surface area contributed by atoms with Gasteiger partial charge in [-0.05, 0) is 86.1 Å². The Hall–Kier alpha value is -2.11. The fourth-order valence-electron chi connectivity index (χ4n) is 6.52. The van der Waals surface area contributed by atoms with E-state index in [-0.39, 0.29) is 0 Å². The van der Waals surface area contributed by atoms with Crippen molar-refractivity contribution in [1.82, 2.24) is 4.98 Å². The van der Waals surface area contributed by atoms with Crippen LogP contribution in [0.4, 0.5) is 0 Å². The highest BCUT2D eigenvalue weighted by Gasteiger charge is 2.51. The molecule has 1 unspecified atom stereocenters. The van der Waals surface area contributed by atoms with Gasteiger partial charge in [-0.25, -0.2) is 4.98 Å². The first-order valence-electron chi connectivity index (χ1n) is 10.7. The molecule has 6 rings (SSSR count). The van der Waals surface area contributed by atoms with Crippen molar-refractivity contribution >= 4 is 0 Å². The summed E-state index contributed by atoms with van der Waals surface area (Å²) in [4.78, 5) is 4.33. The number of aliphatic hydroxyl groups excluding tert-OH is 1. The molecule has 29 heavy (non-hydrogen) atoms. The molecule has 4 aliphatic rings. The zero-order valence-electron chi connectivity index (χ0n) is 17.0. The second-order valence-corrected chi connectivity index (χ2v) is 9.47. The van der Waals surface area contributed by atoms with Gasteiger partial charge in [-0.2, -0.15) is 0 Å². The molecule has 4 aliphatic carbocycles. The van der Waals surface area contributed by atoms with Crippen LogP contribution in [0.2, 0.25) is 0 Å². The van der Waals surface area contributed by atoms with Crippen LogP contribution < -0.4 is 15.2 Å². The Labute approximate surface area is 172 Å².